The van der Waals surface area contributed by atoms with Crippen molar-refractivity contribution in [1.82, 2.24) is 34.9 Å². The molecular weight excluding hydrogens is 1390 g/mol. The lowest BCUT2D eigenvalue weighted by Gasteiger charge is -2.03. The van der Waals surface area contributed by atoms with E-state index in [0.717, 1.165) is 83.2 Å². The highest BCUT2D eigenvalue weighted by molar-refractivity contribution is 9.10. The maximum atomic E-state index is 11.8. The molecule has 18 nitrogen and oxygen atoms in total. The first-order valence-electron chi connectivity index (χ1n) is 29.3. The van der Waals surface area contributed by atoms with Gasteiger partial charge in [-0.05, 0) is 219 Å². The van der Waals surface area contributed by atoms with Gasteiger partial charge in [0.1, 0.15) is 9.24 Å². The van der Waals surface area contributed by atoms with E-state index in [-0.39, 0.29) is 61.9 Å². The Morgan fingerprint density at radius 1 is 0.522 bits per heavy atom. The van der Waals surface area contributed by atoms with E-state index in [4.69, 9.17) is 22.6 Å². The molecule has 482 valence electrons. The van der Waals surface area contributed by atoms with Gasteiger partial charge in [-0.1, -0.05) is 70.6 Å². The number of H-pyrrole nitrogens is 1. The number of carboxylic acids is 1. The quantitative estimate of drug-likeness (QED) is 0.0329. The van der Waals surface area contributed by atoms with E-state index >= 15 is 0 Å². The predicted molar refractivity (Wildman–Crippen MR) is 360 cm³/mol. The predicted octanol–water partition coefficient (Wildman–Crippen LogP) is 13.1. The highest BCUT2D eigenvalue weighted by atomic mass is 79.9. The number of aryl methyl sites for hydroxylation is 4. The van der Waals surface area contributed by atoms with Crippen LogP contribution in [0.15, 0.2) is 158 Å². The standard InChI is InChI=1S/C11H12N2O2S.C11H13NO4S.C10H12BrNO2S.C10H13NO2S.C10H13NS.C6H6BrN.C6H7NS/c12-6-5-9-3-4-11(13-7-9)16(14,15)8-10-1-2-10;13-11(14)5-9-3-4-10(12-6-9)17(15,16)7-8-1-2-8;11-5-9-3-4-10(12-6-9)15(13,14)7-8-1-2-8;1-8-2-5-10(11-6-8)14(12,13)7-9-3-4-9;1-8-2-5-10(11-6-8)12-7-9-3-4-9;1-5-2-3-6(7)8-4-5;1-5-2-3-6(8)7-4-5/h3-4,7,10H,1-2,5,8H2;3-4,6,8H,1-2,5,7H2,(H,13,14);3-4,6,8H,1-2,5,7H2;2,5-6,9H,3-4,7H2,1H3;2,5-6,9H,3-4,7H2,1H3;2-4H,1H3;2-4H,1H3,(H,7,8). The Kier molecular flexibility index (Phi) is 28.9. The summed E-state index contributed by atoms with van der Waals surface area (Å²) in [5.74, 6) is 3.52. The van der Waals surface area contributed by atoms with Gasteiger partial charge in [-0.15, -0.1) is 11.8 Å². The molecule has 0 aliphatic heterocycles. The summed E-state index contributed by atoms with van der Waals surface area (Å²) < 4.78 is 96.1. The third-order valence-electron chi connectivity index (χ3n) is 13.8. The Labute approximate surface area is 556 Å². The number of carbonyl (C=O) groups is 1. The summed E-state index contributed by atoms with van der Waals surface area (Å²) in [6, 6.07) is 26.8. The van der Waals surface area contributed by atoms with Gasteiger partial charge in [-0.3, -0.25) is 4.79 Å². The SMILES string of the molecule is Cc1ccc(=S)[nH]c1.Cc1ccc(Br)nc1.Cc1ccc(S(=O)(=O)CC2CC2)nc1.Cc1ccc(SCC2CC2)nc1.N#CCc1ccc(S(=O)(=O)CC2CC2)nc1.O=C(O)Cc1ccc(S(=O)(=O)CC2CC2)nc1.O=S(=O)(CC1CC1)c1ccc(CBr)cn1. The molecule has 0 spiro atoms. The van der Waals surface area contributed by atoms with Crippen molar-refractivity contribution >= 4 is 101 Å². The monoisotopic (exact) mass is 1470 g/mol. The van der Waals surface area contributed by atoms with E-state index in [9.17, 15) is 38.5 Å². The van der Waals surface area contributed by atoms with Gasteiger partial charge < -0.3 is 10.1 Å². The van der Waals surface area contributed by atoms with Gasteiger partial charge in [0, 0.05) is 54.5 Å². The number of aliphatic carboxylic acids is 1. The van der Waals surface area contributed by atoms with E-state index in [0.29, 0.717) is 28.6 Å². The van der Waals surface area contributed by atoms with Gasteiger partial charge in [0.15, 0.2) is 59.5 Å². The minimum atomic E-state index is -3.30. The number of halogens is 2. The molecule has 5 saturated carbocycles. The number of aromatic amines is 1. The van der Waals surface area contributed by atoms with Crippen molar-refractivity contribution in [2.75, 3.05) is 28.8 Å². The lowest BCUT2D eigenvalue weighted by molar-refractivity contribution is -0.136. The van der Waals surface area contributed by atoms with Crippen LogP contribution >= 0.6 is 55.8 Å². The number of nitrogens with one attached hydrogen (secondary N) is 1. The second-order valence-corrected chi connectivity index (χ2v) is 33.7. The first-order chi connectivity index (χ1) is 42.7. The lowest BCUT2D eigenvalue weighted by Crippen LogP contribution is -2.10. The number of sulfone groups is 4. The largest absolute Gasteiger partial charge is 0.481 e. The topological polar surface area (TPSA) is 291 Å². The number of rotatable bonds is 19. The molecule has 0 atom stereocenters. The average Bonchev–Trinajstić information content (AvgIpc) is 3.17. The summed E-state index contributed by atoms with van der Waals surface area (Å²) in [7, 11) is -12.8. The molecule has 2 N–H and O–H groups in total. The second-order valence-electron chi connectivity index (χ2n) is 22.9. The molecule has 7 aromatic rings. The van der Waals surface area contributed by atoms with E-state index in [1.54, 1.807) is 42.7 Å². The number of thioether (sulfide) groups is 1. The molecule has 5 aliphatic rings. The first-order valence-corrected chi connectivity index (χ1v) is 39.2. The number of alkyl halides is 1. The summed E-state index contributed by atoms with van der Waals surface area (Å²) in [6.07, 6.45) is 22.7. The molecule has 7 heterocycles. The molecule has 7 aromatic heterocycles. The summed E-state index contributed by atoms with van der Waals surface area (Å²) in [5, 5.41) is 19.5. The Hall–Kier alpha value is -5.66. The van der Waals surface area contributed by atoms with Gasteiger partial charge in [0.05, 0.1) is 46.9 Å². The number of nitriles is 1. The van der Waals surface area contributed by atoms with Crippen LogP contribution in [0.1, 0.15) is 103 Å². The zero-order valence-electron chi connectivity index (χ0n) is 50.7. The molecule has 0 radical (unpaired) electrons. The second kappa shape index (κ2) is 35.4. The van der Waals surface area contributed by atoms with Crippen molar-refractivity contribution in [3.8, 4) is 6.07 Å². The van der Waals surface area contributed by atoms with Crippen LogP contribution < -0.4 is 0 Å². The highest BCUT2D eigenvalue weighted by Gasteiger charge is 2.32. The lowest BCUT2D eigenvalue weighted by atomic mass is 10.2. The zero-order valence-corrected chi connectivity index (χ0v) is 58.8. The fourth-order valence-corrected chi connectivity index (χ4v) is 15.8. The number of carboxylic acid groups (broad SMARTS) is 1. The molecule has 26 heteroatoms. The van der Waals surface area contributed by atoms with E-state index < -0.39 is 45.3 Å². The molecule has 5 fully saturated rings. The molecule has 90 heavy (non-hydrogen) atoms. The van der Waals surface area contributed by atoms with E-state index in [2.05, 4.69) is 85.8 Å². The summed E-state index contributed by atoms with van der Waals surface area (Å²) in [5.41, 5.74) is 6.85. The number of hydrogen-bond acceptors (Lipinski definition) is 18. The van der Waals surface area contributed by atoms with Crippen molar-refractivity contribution in [2.24, 2.45) is 29.6 Å². The van der Waals surface area contributed by atoms with Crippen molar-refractivity contribution in [3.05, 3.63) is 176 Å². The minimum Gasteiger partial charge on any atom is -0.481 e. The van der Waals surface area contributed by atoms with Gasteiger partial charge in [0.25, 0.3) is 0 Å². The summed E-state index contributed by atoms with van der Waals surface area (Å²) in [6.45, 7) is 8.00. The third-order valence-corrected chi connectivity index (χ3v) is 23.5. The molecule has 5 aliphatic carbocycles. The molecule has 0 amide bonds. The molecule has 0 unspecified atom stereocenters. The maximum absolute atomic E-state index is 11.8. The first kappa shape index (κ1) is 73.4. The molecule has 0 aromatic carbocycles. The molecular formula is C64H76Br2N8O10S6. The Morgan fingerprint density at radius 2 is 0.900 bits per heavy atom. The van der Waals surface area contributed by atoms with Gasteiger partial charge >= 0.3 is 5.97 Å². The smallest absolute Gasteiger partial charge is 0.307 e. The zero-order chi connectivity index (χ0) is 65.5. The third kappa shape index (κ3) is 28.9. The van der Waals surface area contributed by atoms with Crippen LogP contribution in [-0.2, 0) is 62.3 Å². The highest BCUT2D eigenvalue weighted by Crippen LogP contribution is 2.36. The van der Waals surface area contributed by atoms with Crippen LogP contribution in [0.5, 0.6) is 0 Å². The van der Waals surface area contributed by atoms with Gasteiger partial charge in [-0.25, -0.2) is 63.6 Å². The van der Waals surface area contributed by atoms with Crippen molar-refractivity contribution in [2.45, 2.75) is 135 Å². The Morgan fingerprint density at radius 3 is 1.20 bits per heavy atom. The molecule has 12 rings (SSSR count). The Balaban J connectivity index is 0.000000169. The minimum absolute atomic E-state index is 0.0403. The summed E-state index contributed by atoms with van der Waals surface area (Å²) >= 11 is 13.2. The average molecular weight is 1470 g/mol. The fraction of sp³-hybridized carbons (Fsp3) is 0.422. The normalized spacial score (nSPS) is 15.0. The maximum Gasteiger partial charge on any atom is 0.307 e. The summed E-state index contributed by atoms with van der Waals surface area (Å²) in [4.78, 5) is 37.4. The van der Waals surface area contributed by atoms with Crippen LogP contribution in [0, 0.1) is 73.3 Å². The van der Waals surface area contributed by atoms with Crippen LogP contribution in [0.2, 0.25) is 0 Å². The molecule has 0 saturated heterocycles. The van der Waals surface area contributed by atoms with Crippen LogP contribution in [0.4, 0.5) is 0 Å². The van der Waals surface area contributed by atoms with Gasteiger partial charge in [-0.2, -0.15) is 5.26 Å². The van der Waals surface area contributed by atoms with Gasteiger partial charge in [0.2, 0.25) is 0 Å². The fourth-order valence-electron chi connectivity index (χ4n) is 7.66. The van der Waals surface area contributed by atoms with E-state index in [1.165, 1.54) is 70.9 Å². The van der Waals surface area contributed by atoms with Crippen molar-refractivity contribution in [3.63, 3.8) is 0 Å². The Bertz CT molecular complexity index is 3940. The van der Waals surface area contributed by atoms with Crippen LogP contribution in [0.25, 0.3) is 0 Å². The van der Waals surface area contributed by atoms with Crippen molar-refractivity contribution < 1.29 is 43.6 Å². The number of hydrogen-bond donors (Lipinski definition) is 2. The van der Waals surface area contributed by atoms with E-state index in [1.807, 2.05) is 81.5 Å². The molecule has 0 bridgehead atoms. The van der Waals surface area contributed by atoms with Crippen LogP contribution in [0.3, 0.4) is 0 Å². The number of nitrogens with zero attached hydrogens (tertiary/aromatic N) is 7. The number of aromatic nitrogens is 7. The van der Waals surface area contributed by atoms with Crippen molar-refractivity contribution in [1.29, 1.82) is 5.26 Å². The van der Waals surface area contributed by atoms with Crippen LogP contribution in [-0.4, -0.2) is 108 Å². The number of pyridine rings is 7.